The molecule has 1 atom stereocenters. The largest absolute Gasteiger partial charge is 0.368 e. The van der Waals surface area contributed by atoms with E-state index in [1.807, 2.05) is 20.8 Å². The van der Waals surface area contributed by atoms with Crippen LogP contribution < -0.4 is 16.8 Å². The van der Waals surface area contributed by atoms with Crippen molar-refractivity contribution in [3.63, 3.8) is 0 Å². The van der Waals surface area contributed by atoms with Crippen LogP contribution in [-0.4, -0.2) is 27.6 Å². The van der Waals surface area contributed by atoms with E-state index in [0.717, 1.165) is 0 Å². The molecule has 0 bridgehead atoms. The van der Waals surface area contributed by atoms with E-state index in [0.29, 0.717) is 5.69 Å². The van der Waals surface area contributed by atoms with Gasteiger partial charge in [0, 0.05) is 18.7 Å². The van der Waals surface area contributed by atoms with E-state index in [-0.39, 0.29) is 30.3 Å². The summed E-state index contributed by atoms with van der Waals surface area (Å²) in [6, 6.07) is -0.229. The van der Waals surface area contributed by atoms with Crippen LogP contribution in [0.1, 0.15) is 27.2 Å². The number of nitrogens with two attached hydrogens (primary N) is 2. The van der Waals surface area contributed by atoms with E-state index in [1.165, 1.54) is 10.9 Å². The molecule has 7 nitrogen and oxygen atoms in total. The molecule has 0 saturated carbocycles. The standard InChI is InChI=1S/C12H21N5O2/c1-12(2,3)9(13)4-11(19)16-8-5-15-17(6-8)7-10(14)18/h5-6,9H,4,7,13H2,1-3H3,(H2,14,18)(H,16,19). The number of hydrogen-bond donors (Lipinski definition) is 3. The van der Waals surface area contributed by atoms with Crippen LogP contribution in [0.25, 0.3) is 0 Å². The monoisotopic (exact) mass is 267 g/mol. The molecule has 106 valence electrons. The lowest BCUT2D eigenvalue weighted by Crippen LogP contribution is -2.38. The SMILES string of the molecule is CC(C)(C)C(N)CC(=O)Nc1cnn(CC(N)=O)c1. The van der Waals surface area contributed by atoms with Gasteiger partial charge in [0.25, 0.3) is 0 Å². The molecule has 0 radical (unpaired) electrons. The van der Waals surface area contributed by atoms with Gasteiger partial charge in [-0.1, -0.05) is 20.8 Å². The van der Waals surface area contributed by atoms with Gasteiger partial charge in [0.15, 0.2) is 0 Å². The van der Waals surface area contributed by atoms with Crippen molar-refractivity contribution >= 4 is 17.5 Å². The Balaban J connectivity index is 2.53. The molecule has 0 saturated heterocycles. The number of hydrogen-bond acceptors (Lipinski definition) is 4. The number of rotatable bonds is 5. The number of aromatic nitrogens is 2. The summed E-state index contributed by atoms with van der Waals surface area (Å²) in [6.45, 7) is 5.93. The highest BCUT2D eigenvalue weighted by Gasteiger charge is 2.23. The van der Waals surface area contributed by atoms with E-state index in [9.17, 15) is 9.59 Å². The summed E-state index contributed by atoms with van der Waals surface area (Å²) >= 11 is 0. The molecule has 1 unspecified atom stereocenters. The predicted octanol–water partition coefficient (Wildman–Crippen LogP) is 0.0704. The zero-order valence-corrected chi connectivity index (χ0v) is 11.5. The third kappa shape index (κ3) is 5.09. The maximum Gasteiger partial charge on any atom is 0.239 e. The lowest BCUT2D eigenvalue weighted by molar-refractivity contribution is -0.119. The minimum atomic E-state index is -0.490. The number of anilines is 1. The quantitative estimate of drug-likeness (QED) is 0.700. The van der Waals surface area contributed by atoms with Crippen LogP contribution in [0.4, 0.5) is 5.69 Å². The van der Waals surface area contributed by atoms with Gasteiger partial charge in [0.1, 0.15) is 6.54 Å². The Bertz CT molecular complexity index is 461. The molecule has 0 spiro atoms. The summed E-state index contributed by atoms with van der Waals surface area (Å²) in [5.74, 6) is -0.670. The van der Waals surface area contributed by atoms with E-state index in [2.05, 4.69) is 10.4 Å². The average molecular weight is 267 g/mol. The van der Waals surface area contributed by atoms with Crippen molar-refractivity contribution in [2.75, 3.05) is 5.32 Å². The van der Waals surface area contributed by atoms with Crippen molar-refractivity contribution in [2.24, 2.45) is 16.9 Å². The summed E-state index contributed by atoms with van der Waals surface area (Å²) in [5, 5.41) is 6.59. The molecule has 1 aromatic rings. The fourth-order valence-electron chi connectivity index (χ4n) is 1.39. The maximum atomic E-state index is 11.8. The zero-order chi connectivity index (χ0) is 14.6. The van der Waals surface area contributed by atoms with Gasteiger partial charge in [0.2, 0.25) is 11.8 Å². The van der Waals surface area contributed by atoms with Crippen LogP contribution in [-0.2, 0) is 16.1 Å². The second-order valence-corrected chi connectivity index (χ2v) is 5.62. The lowest BCUT2D eigenvalue weighted by atomic mass is 9.85. The predicted molar refractivity (Wildman–Crippen MR) is 72.1 cm³/mol. The molecule has 0 aliphatic heterocycles. The van der Waals surface area contributed by atoms with Crippen molar-refractivity contribution in [3.05, 3.63) is 12.4 Å². The van der Waals surface area contributed by atoms with Crippen LogP contribution in [0.2, 0.25) is 0 Å². The second kappa shape index (κ2) is 5.83. The first kappa shape index (κ1) is 15.2. The summed E-state index contributed by atoms with van der Waals surface area (Å²) < 4.78 is 1.36. The Morgan fingerprint density at radius 3 is 2.63 bits per heavy atom. The average Bonchev–Trinajstić information content (AvgIpc) is 2.62. The minimum absolute atomic E-state index is 0.0165. The van der Waals surface area contributed by atoms with Crippen LogP contribution in [0.15, 0.2) is 12.4 Å². The van der Waals surface area contributed by atoms with Gasteiger partial charge in [-0.2, -0.15) is 5.10 Å². The van der Waals surface area contributed by atoms with Crippen LogP contribution in [0, 0.1) is 5.41 Å². The molecule has 1 heterocycles. The lowest BCUT2D eigenvalue weighted by Gasteiger charge is -2.26. The van der Waals surface area contributed by atoms with Gasteiger partial charge in [0.05, 0.1) is 11.9 Å². The fraction of sp³-hybridized carbons (Fsp3) is 0.583. The van der Waals surface area contributed by atoms with Crippen molar-refractivity contribution in [2.45, 2.75) is 39.8 Å². The maximum absolute atomic E-state index is 11.8. The number of nitrogens with one attached hydrogen (secondary N) is 1. The molecule has 0 aliphatic carbocycles. The first-order valence-electron chi connectivity index (χ1n) is 6.04. The summed E-state index contributed by atoms with van der Waals surface area (Å²) in [5.41, 5.74) is 11.4. The molecule has 19 heavy (non-hydrogen) atoms. The second-order valence-electron chi connectivity index (χ2n) is 5.62. The van der Waals surface area contributed by atoms with Gasteiger partial charge in [-0.15, -0.1) is 0 Å². The highest BCUT2D eigenvalue weighted by molar-refractivity contribution is 5.90. The zero-order valence-electron chi connectivity index (χ0n) is 11.5. The van der Waals surface area contributed by atoms with Gasteiger partial charge in [-0.05, 0) is 5.41 Å². The molecular weight excluding hydrogens is 246 g/mol. The smallest absolute Gasteiger partial charge is 0.239 e. The number of carbonyl (C=O) groups is 2. The van der Waals surface area contributed by atoms with E-state index >= 15 is 0 Å². The van der Waals surface area contributed by atoms with Gasteiger partial charge in [-0.3, -0.25) is 14.3 Å². The van der Waals surface area contributed by atoms with Crippen molar-refractivity contribution in [1.29, 1.82) is 0 Å². The number of nitrogens with zero attached hydrogens (tertiary/aromatic N) is 2. The number of primary amides is 1. The Kier molecular flexibility index (Phi) is 4.66. The van der Waals surface area contributed by atoms with E-state index < -0.39 is 5.91 Å². The molecule has 1 aromatic heterocycles. The third-order valence-electron chi connectivity index (χ3n) is 2.75. The molecule has 0 aliphatic rings. The molecule has 0 fully saturated rings. The third-order valence-corrected chi connectivity index (χ3v) is 2.75. The number of carbonyl (C=O) groups excluding carboxylic acids is 2. The Morgan fingerprint density at radius 2 is 2.11 bits per heavy atom. The van der Waals surface area contributed by atoms with Gasteiger partial charge in [-0.25, -0.2) is 0 Å². The normalized spacial score (nSPS) is 13.1. The molecule has 5 N–H and O–H groups in total. The summed E-state index contributed by atoms with van der Waals surface area (Å²) in [4.78, 5) is 22.5. The Labute approximate surface area is 112 Å². The molecular formula is C12H21N5O2. The highest BCUT2D eigenvalue weighted by Crippen LogP contribution is 2.20. The molecule has 1 rings (SSSR count). The first-order valence-corrected chi connectivity index (χ1v) is 6.04. The molecule has 2 amide bonds. The molecule has 7 heteroatoms. The summed E-state index contributed by atoms with van der Waals surface area (Å²) in [7, 11) is 0. The van der Waals surface area contributed by atoms with Crippen molar-refractivity contribution < 1.29 is 9.59 Å². The van der Waals surface area contributed by atoms with E-state index in [4.69, 9.17) is 11.5 Å². The van der Waals surface area contributed by atoms with Crippen LogP contribution in [0.5, 0.6) is 0 Å². The van der Waals surface area contributed by atoms with Crippen LogP contribution in [0.3, 0.4) is 0 Å². The Hall–Kier alpha value is -1.89. The van der Waals surface area contributed by atoms with Gasteiger partial charge >= 0.3 is 0 Å². The highest BCUT2D eigenvalue weighted by atomic mass is 16.2. The van der Waals surface area contributed by atoms with Gasteiger partial charge < -0.3 is 16.8 Å². The van der Waals surface area contributed by atoms with Crippen molar-refractivity contribution in [1.82, 2.24) is 9.78 Å². The first-order chi connectivity index (χ1) is 8.68. The van der Waals surface area contributed by atoms with Crippen LogP contribution >= 0.6 is 0 Å². The van der Waals surface area contributed by atoms with E-state index in [1.54, 1.807) is 6.20 Å². The fourth-order valence-corrected chi connectivity index (χ4v) is 1.39. The van der Waals surface area contributed by atoms with Crippen molar-refractivity contribution in [3.8, 4) is 0 Å². The topological polar surface area (TPSA) is 116 Å². The minimum Gasteiger partial charge on any atom is -0.368 e. The Morgan fingerprint density at radius 1 is 1.47 bits per heavy atom. The number of amides is 2. The molecule has 0 aromatic carbocycles. The summed E-state index contributed by atoms with van der Waals surface area (Å²) in [6.07, 6.45) is 3.24.